The van der Waals surface area contributed by atoms with Crippen molar-refractivity contribution in [3.63, 3.8) is 0 Å². The maximum Gasteiger partial charge on any atom is 0.306 e. The van der Waals surface area contributed by atoms with E-state index in [1.165, 1.54) is 16.3 Å². The fourth-order valence-corrected chi connectivity index (χ4v) is 2.02. The van der Waals surface area contributed by atoms with E-state index < -0.39 is 5.97 Å². The van der Waals surface area contributed by atoms with Crippen LogP contribution in [0.2, 0.25) is 0 Å². The zero-order valence-corrected chi connectivity index (χ0v) is 11.1. The lowest BCUT2D eigenvalue weighted by molar-refractivity contribution is -0.141. The van der Waals surface area contributed by atoms with Crippen LogP contribution in [0.1, 0.15) is 18.9 Å². The lowest BCUT2D eigenvalue weighted by Gasteiger charge is -2.08. The summed E-state index contributed by atoms with van der Waals surface area (Å²) in [7, 11) is 0. The molecule has 0 saturated heterocycles. The first kappa shape index (κ1) is 13.6. The van der Waals surface area contributed by atoms with Crippen LogP contribution in [-0.4, -0.2) is 17.6 Å². The molecule has 3 nitrogen and oxygen atoms in total. The molecule has 0 heterocycles. The molecule has 0 spiro atoms. The third-order valence-electron chi connectivity index (χ3n) is 3.32. The molecule has 0 saturated carbocycles. The van der Waals surface area contributed by atoms with Gasteiger partial charge in [0.2, 0.25) is 0 Å². The number of nitrogens with one attached hydrogen (secondary N) is 1. The Balaban J connectivity index is 1.86. The minimum atomic E-state index is -0.729. The first-order valence-corrected chi connectivity index (χ1v) is 6.58. The molecule has 2 aromatic rings. The highest BCUT2D eigenvalue weighted by Gasteiger charge is 2.09. The zero-order chi connectivity index (χ0) is 13.7. The van der Waals surface area contributed by atoms with Crippen molar-refractivity contribution in [3.8, 4) is 0 Å². The lowest BCUT2D eigenvalue weighted by atomic mass is 10.1. The summed E-state index contributed by atoms with van der Waals surface area (Å²) in [6, 6.07) is 14.7. The van der Waals surface area contributed by atoms with Gasteiger partial charge in [-0.2, -0.15) is 0 Å². The Morgan fingerprint density at radius 3 is 2.68 bits per heavy atom. The predicted molar refractivity (Wildman–Crippen MR) is 77.1 cm³/mol. The molecule has 0 aromatic heterocycles. The Morgan fingerprint density at radius 1 is 1.21 bits per heavy atom. The highest BCUT2D eigenvalue weighted by molar-refractivity contribution is 5.82. The van der Waals surface area contributed by atoms with Crippen molar-refractivity contribution in [1.29, 1.82) is 0 Å². The number of hydrogen-bond donors (Lipinski definition) is 2. The van der Waals surface area contributed by atoms with Gasteiger partial charge < -0.3 is 10.4 Å². The van der Waals surface area contributed by atoms with Crippen molar-refractivity contribution in [3.05, 3.63) is 48.0 Å². The third-order valence-corrected chi connectivity index (χ3v) is 3.32. The Hall–Kier alpha value is -1.87. The first-order chi connectivity index (χ1) is 9.16. The van der Waals surface area contributed by atoms with Crippen molar-refractivity contribution < 1.29 is 9.90 Å². The van der Waals surface area contributed by atoms with Crippen LogP contribution in [0.15, 0.2) is 42.5 Å². The highest BCUT2D eigenvalue weighted by Crippen LogP contribution is 2.15. The van der Waals surface area contributed by atoms with Crippen LogP contribution in [0.25, 0.3) is 10.8 Å². The van der Waals surface area contributed by atoms with E-state index in [0.29, 0.717) is 6.42 Å². The molecule has 0 aliphatic carbocycles. The molecule has 2 N–H and O–H groups in total. The van der Waals surface area contributed by atoms with Gasteiger partial charge in [0.25, 0.3) is 0 Å². The van der Waals surface area contributed by atoms with Gasteiger partial charge in [-0.05, 0) is 35.4 Å². The molecule has 19 heavy (non-hydrogen) atoms. The van der Waals surface area contributed by atoms with Gasteiger partial charge in [-0.25, -0.2) is 0 Å². The number of aliphatic carboxylic acids is 1. The van der Waals surface area contributed by atoms with Gasteiger partial charge in [-0.15, -0.1) is 0 Å². The summed E-state index contributed by atoms with van der Waals surface area (Å²) in [4.78, 5) is 10.7. The smallest absolute Gasteiger partial charge is 0.306 e. The largest absolute Gasteiger partial charge is 0.481 e. The van der Waals surface area contributed by atoms with E-state index in [1.807, 2.05) is 12.1 Å². The van der Waals surface area contributed by atoms with E-state index in [2.05, 4.69) is 35.6 Å². The fourth-order valence-electron chi connectivity index (χ4n) is 2.02. The average Bonchev–Trinajstić information content (AvgIpc) is 2.43. The molecular formula is C16H19NO2. The number of rotatable bonds is 6. The van der Waals surface area contributed by atoms with E-state index in [0.717, 1.165) is 13.1 Å². The first-order valence-electron chi connectivity index (χ1n) is 6.58. The van der Waals surface area contributed by atoms with Crippen LogP contribution in [-0.2, 0) is 11.3 Å². The van der Waals surface area contributed by atoms with Gasteiger partial charge in [-0.3, -0.25) is 4.79 Å². The predicted octanol–water partition coefficient (Wildman–Crippen LogP) is 3.04. The molecule has 0 aliphatic rings. The average molecular weight is 257 g/mol. The summed E-state index contributed by atoms with van der Waals surface area (Å²) in [6.07, 6.45) is 0.656. The molecule has 0 radical (unpaired) electrons. The van der Waals surface area contributed by atoms with Crippen molar-refractivity contribution in [2.75, 3.05) is 6.54 Å². The summed E-state index contributed by atoms with van der Waals surface area (Å²) in [5.74, 6) is -1.02. The molecule has 1 atom stereocenters. The van der Waals surface area contributed by atoms with Gasteiger partial charge in [0.05, 0.1) is 5.92 Å². The Labute approximate surface area is 113 Å². The van der Waals surface area contributed by atoms with Crippen molar-refractivity contribution in [2.45, 2.75) is 19.9 Å². The number of carbonyl (C=O) groups is 1. The summed E-state index contributed by atoms with van der Waals surface area (Å²) in [5.41, 5.74) is 1.22. The molecule has 1 unspecified atom stereocenters. The summed E-state index contributed by atoms with van der Waals surface area (Å²) in [6.45, 7) is 3.23. The number of fused-ring (bicyclic) bond motifs is 1. The molecule has 3 heteroatoms. The van der Waals surface area contributed by atoms with Crippen LogP contribution < -0.4 is 5.32 Å². The fraction of sp³-hybridized carbons (Fsp3) is 0.312. The summed E-state index contributed by atoms with van der Waals surface area (Å²) < 4.78 is 0. The van der Waals surface area contributed by atoms with Gasteiger partial charge in [0, 0.05) is 6.54 Å². The van der Waals surface area contributed by atoms with Crippen LogP contribution in [0.3, 0.4) is 0 Å². The summed E-state index contributed by atoms with van der Waals surface area (Å²) >= 11 is 0. The van der Waals surface area contributed by atoms with E-state index in [9.17, 15) is 4.79 Å². The van der Waals surface area contributed by atoms with Crippen LogP contribution in [0, 0.1) is 5.92 Å². The lowest BCUT2D eigenvalue weighted by Crippen LogP contribution is -2.20. The molecule has 0 bridgehead atoms. The van der Waals surface area contributed by atoms with Crippen LogP contribution >= 0.6 is 0 Å². The molecule has 0 fully saturated rings. The molecule has 2 rings (SSSR count). The number of benzene rings is 2. The van der Waals surface area contributed by atoms with Gasteiger partial charge in [-0.1, -0.05) is 43.3 Å². The van der Waals surface area contributed by atoms with Gasteiger partial charge in [0.15, 0.2) is 0 Å². The zero-order valence-electron chi connectivity index (χ0n) is 11.1. The second kappa shape index (κ2) is 6.34. The molecule has 0 aliphatic heterocycles. The Kier molecular flexibility index (Phi) is 4.53. The third kappa shape index (κ3) is 3.80. The van der Waals surface area contributed by atoms with Crippen LogP contribution in [0.5, 0.6) is 0 Å². The van der Waals surface area contributed by atoms with E-state index in [1.54, 1.807) is 6.92 Å². The van der Waals surface area contributed by atoms with Crippen molar-refractivity contribution in [1.82, 2.24) is 5.32 Å². The Bertz CT molecular complexity index is 565. The topological polar surface area (TPSA) is 49.3 Å². The monoisotopic (exact) mass is 257 g/mol. The van der Waals surface area contributed by atoms with E-state index in [4.69, 9.17) is 5.11 Å². The minimum Gasteiger partial charge on any atom is -0.481 e. The van der Waals surface area contributed by atoms with Gasteiger partial charge >= 0.3 is 5.97 Å². The highest BCUT2D eigenvalue weighted by atomic mass is 16.4. The second-order valence-electron chi connectivity index (χ2n) is 4.89. The summed E-state index contributed by atoms with van der Waals surface area (Å²) in [5, 5.41) is 14.6. The molecular weight excluding hydrogens is 238 g/mol. The second-order valence-corrected chi connectivity index (χ2v) is 4.89. The van der Waals surface area contributed by atoms with Crippen LogP contribution in [0.4, 0.5) is 0 Å². The standard InChI is InChI=1S/C16H19NO2/c1-12(16(18)19)8-9-17-11-13-6-7-14-4-2-3-5-15(14)10-13/h2-7,10,12,17H,8-9,11H2,1H3,(H,18,19). The van der Waals surface area contributed by atoms with E-state index >= 15 is 0 Å². The Morgan fingerprint density at radius 2 is 1.95 bits per heavy atom. The maximum atomic E-state index is 10.7. The number of hydrogen-bond acceptors (Lipinski definition) is 2. The number of carboxylic acids is 1. The van der Waals surface area contributed by atoms with Crippen molar-refractivity contribution >= 4 is 16.7 Å². The molecule has 2 aromatic carbocycles. The maximum absolute atomic E-state index is 10.7. The van der Waals surface area contributed by atoms with E-state index in [-0.39, 0.29) is 5.92 Å². The minimum absolute atomic E-state index is 0.288. The quantitative estimate of drug-likeness (QED) is 0.782. The number of carboxylic acid groups (broad SMARTS) is 1. The normalized spacial score (nSPS) is 12.5. The SMILES string of the molecule is CC(CCNCc1ccc2ccccc2c1)C(=O)O. The van der Waals surface area contributed by atoms with Crippen molar-refractivity contribution in [2.24, 2.45) is 5.92 Å². The molecule has 100 valence electrons. The molecule has 0 amide bonds. The van der Waals surface area contributed by atoms with Gasteiger partial charge in [0.1, 0.15) is 0 Å².